The summed E-state index contributed by atoms with van der Waals surface area (Å²) in [5.74, 6) is 0.0795. The number of H-pyrrole nitrogens is 1. The van der Waals surface area contributed by atoms with Crippen LogP contribution in [0.3, 0.4) is 0 Å². The molecule has 3 heteroatoms. The molecular formula is C11H18N2O. The van der Waals surface area contributed by atoms with Crippen LogP contribution in [0.25, 0.3) is 0 Å². The number of likely N-dealkylation sites (N-methyl/N-ethyl adjacent to an activating group) is 1. The molecule has 0 spiro atoms. The van der Waals surface area contributed by atoms with E-state index in [2.05, 4.69) is 17.2 Å². The zero-order valence-corrected chi connectivity index (χ0v) is 8.84. The van der Waals surface area contributed by atoms with Gasteiger partial charge in [0.05, 0.1) is 5.92 Å². The van der Waals surface area contributed by atoms with Crippen LogP contribution >= 0.6 is 0 Å². The largest absolute Gasteiger partial charge is 0.364 e. The fourth-order valence-corrected chi connectivity index (χ4v) is 1.57. The quantitative estimate of drug-likeness (QED) is 0.740. The highest BCUT2D eigenvalue weighted by Gasteiger charge is 2.19. The van der Waals surface area contributed by atoms with Crippen molar-refractivity contribution in [3.63, 3.8) is 0 Å². The van der Waals surface area contributed by atoms with Crippen LogP contribution in [0.1, 0.15) is 37.8 Å². The molecule has 1 atom stereocenters. The molecule has 1 rings (SSSR count). The van der Waals surface area contributed by atoms with Gasteiger partial charge in [-0.2, -0.15) is 0 Å². The first-order valence-corrected chi connectivity index (χ1v) is 5.14. The number of aromatic nitrogens is 1. The summed E-state index contributed by atoms with van der Waals surface area (Å²) in [6, 6.07) is 3.90. The van der Waals surface area contributed by atoms with Gasteiger partial charge >= 0.3 is 0 Å². The number of nitrogens with one attached hydrogen (secondary N) is 2. The van der Waals surface area contributed by atoms with Crippen LogP contribution in [-0.2, 0) is 4.79 Å². The molecule has 1 heterocycles. The lowest BCUT2D eigenvalue weighted by molar-refractivity contribution is -0.122. The van der Waals surface area contributed by atoms with Crippen molar-refractivity contribution in [2.24, 2.45) is 0 Å². The molecule has 2 N–H and O–H groups in total. The van der Waals surface area contributed by atoms with Gasteiger partial charge in [-0.1, -0.05) is 19.8 Å². The third-order valence-corrected chi connectivity index (χ3v) is 2.41. The Hall–Kier alpha value is -1.25. The first-order chi connectivity index (χ1) is 6.79. The normalized spacial score (nSPS) is 12.4. The number of hydrogen-bond acceptors (Lipinski definition) is 1. The number of amides is 1. The molecular weight excluding hydrogens is 176 g/mol. The van der Waals surface area contributed by atoms with E-state index in [1.807, 2.05) is 18.3 Å². The minimum absolute atomic E-state index is 0.0186. The van der Waals surface area contributed by atoms with Crippen LogP contribution < -0.4 is 5.32 Å². The molecule has 0 aromatic carbocycles. The molecule has 0 saturated carbocycles. The van der Waals surface area contributed by atoms with Crippen LogP contribution in [0.4, 0.5) is 0 Å². The van der Waals surface area contributed by atoms with Gasteiger partial charge < -0.3 is 10.3 Å². The fourth-order valence-electron chi connectivity index (χ4n) is 1.57. The van der Waals surface area contributed by atoms with Crippen molar-refractivity contribution < 1.29 is 4.79 Å². The Labute approximate surface area is 84.9 Å². The van der Waals surface area contributed by atoms with Crippen molar-refractivity contribution in [1.82, 2.24) is 10.3 Å². The summed E-state index contributed by atoms with van der Waals surface area (Å²) in [5.41, 5.74) is 1.01. The van der Waals surface area contributed by atoms with E-state index in [9.17, 15) is 4.79 Å². The average molecular weight is 194 g/mol. The minimum atomic E-state index is -0.0186. The Bertz CT molecular complexity index is 267. The molecule has 78 valence electrons. The van der Waals surface area contributed by atoms with E-state index < -0.39 is 0 Å². The Morgan fingerprint density at radius 1 is 1.64 bits per heavy atom. The Kier molecular flexibility index (Phi) is 4.23. The molecule has 1 aromatic rings. The van der Waals surface area contributed by atoms with Crippen LogP contribution in [-0.4, -0.2) is 17.9 Å². The standard InChI is InChI=1S/C11H18N2O/c1-3-4-6-9(11(14)12-2)10-7-5-8-13-10/h5,7-9,13H,3-4,6H2,1-2H3,(H,12,14). The van der Waals surface area contributed by atoms with E-state index in [4.69, 9.17) is 0 Å². The summed E-state index contributed by atoms with van der Waals surface area (Å²) in [4.78, 5) is 14.7. The van der Waals surface area contributed by atoms with Gasteiger partial charge in [0, 0.05) is 18.9 Å². The van der Waals surface area contributed by atoms with Crippen molar-refractivity contribution in [2.75, 3.05) is 7.05 Å². The second-order valence-electron chi connectivity index (χ2n) is 3.43. The molecule has 0 radical (unpaired) electrons. The predicted molar refractivity (Wildman–Crippen MR) is 57.1 cm³/mol. The van der Waals surface area contributed by atoms with Gasteiger partial charge in [0.1, 0.15) is 0 Å². The number of rotatable bonds is 5. The topological polar surface area (TPSA) is 44.9 Å². The maximum Gasteiger partial charge on any atom is 0.228 e. The van der Waals surface area contributed by atoms with E-state index in [1.165, 1.54) is 0 Å². The zero-order chi connectivity index (χ0) is 10.4. The van der Waals surface area contributed by atoms with Crippen molar-refractivity contribution in [3.8, 4) is 0 Å². The van der Waals surface area contributed by atoms with Crippen LogP contribution in [0.2, 0.25) is 0 Å². The zero-order valence-electron chi connectivity index (χ0n) is 8.84. The summed E-state index contributed by atoms with van der Waals surface area (Å²) >= 11 is 0. The third kappa shape index (κ3) is 2.62. The van der Waals surface area contributed by atoms with Crippen molar-refractivity contribution in [1.29, 1.82) is 0 Å². The molecule has 1 unspecified atom stereocenters. The highest BCUT2D eigenvalue weighted by molar-refractivity contribution is 5.82. The highest BCUT2D eigenvalue weighted by Crippen LogP contribution is 2.20. The number of aromatic amines is 1. The van der Waals surface area contributed by atoms with Crippen LogP contribution in [0.5, 0.6) is 0 Å². The number of carbonyl (C=O) groups is 1. The lowest BCUT2D eigenvalue weighted by atomic mass is 9.98. The number of carbonyl (C=O) groups excluding carboxylic acids is 1. The van der Waals surface area contributed by atoms with Gasteiger partial charge in [-0.3, -0.25) is 4.79 Å². The maximum absolute atomic E-state index is 11.6. The second-order valence-corrected chi connectivity index (χ2v) is 3.43. The molecule has 1 aromatic heterocycles. The second kappa shape index (κ2) is 5.47. The minimum Gasteiger partial charge on any atom is -0.364 e. The van der Waals surface area contributed by atoms with Crippen LogP contribution in [0, 0.1) is 0 Å². The van der Waals surface area contributed by atoms with Gasteiger partial charge in [-0.25, -0.2) is 0 Å². The molecule has 0 fully saturated rings. The summed E-state index contributed by atoms with van der Waals surface area (Å²) in [5, 5.41) is 2.70. The van der Waals surface area contributed by atoms with Crippen molar-refractivity contribution in [2.45, 2.75) is 32.1 Å². The third-order valence-electron chi connectivity index (χ3n) is 2.41. The van der Waals surface area contributed by atoms with E-state index in [-0.39, 0.29) is 11.8 Å². The van der Waals surface area contributed by atoms with Crippen molar-refractivity contribution in [3.05, 3.63) is 24.0 Å². The van der Waals surface area contributed by atoms with Gasteiger partial charge in [0.2, 0.25) is 5.91 Å². The molecule has 0 aliphatic carbocycles. The number of unbranched alkanes of at least 4 members (excludes halogenated alkanes) is 1. The van der Waals surface area contributed by atoms with Crippen LogP contribution in [0.15, 0.2) is 18.3 Å². The van der Waals surface area contributed by atoms with Gasteiger partial charge in [-0.15, -0.1) is 0 Å². The van der Waals surface area contributed by atoms with Gasteiger partial charge in [0.25, 0.3) is 0 Å². The lowest BCUT2D eigenvalue weighted by Crippen LogP contribution is -2.26. The first-order valence-electron chi connectivity index (χ1n) is 5.14. The Morgan fingerprint density at radius 2 is 2.43 bits per heavy atom. The SMILES string of the molecule is CCCCC(C(=O)NC)c1ccc[nH]1. The van der Waals surface area contributed by atoms with Crippen molar-refractivity contribution >= 4 is 5.91 Å². The fraction of sp³-hybridized carbons (Fsp3) is 0.545. The maximum atomic E-state index is 11.6. The number of hydrogen-bond donors (Lipinski definition) is 2. The first kappa shape index (κ1) is 10.8. The lowest BCUT2D eigenvalue weighted by Gasteiger charge is -2.13. The molecule has 0 bridgehead atoms. The van der Waals surface area contributed by atoms with Gasteiger partial charge in [-0.05, 0) is 18.6 Å². The van der Waals surface area contributed by atoms with Gasteiger partial charge in [0.15, 0.2) is 0 Å². The highest BCUT2D eigenvalue weighted by atomic mass is 16.1. The molecule has 1 amide bonds. The monoisotopic (exact) mass is 194 g/mol. The summed E-state index contributed by atoms with van der Waals surface area (Å²) in [6.45, 7) is 2.13. The molecule has 0 saturated heterocycles. The van der Waals surface area contributed by atoms with E-state index in [0.29, 0.717) is 0 Å². The predicted octanol–water partition coefficient (Wildman–Crippen LogP) is 2.03. The summed E-state index contributed by atoms with van der Waals surface area (Å²) in [6.07, 6.45) is 4.97. The Morgan fingerprint density at radius 3 is 2.93 bits per heavy atom. The van der Waals surface area contributed by atoms with E-state index in [1.54, 1.807) is 7.05 Å². The average Bonchev–Trinajstić information content (AvgIpc) is 2.71. The van der Waals surface area contributed by atoms with E-state index in [0.717, 1.165) is 25.0 Å². The summed E-state index contributed by atoms with van der Waals surface area (Å²) in [7, 11) is 1.68. The molecule has 0 aliphatic heterocycles. The van der Waals surface area contributed by atoms with E-state index >= 15 is 0 Å². The molecule has 3 nitrogen and oxygen atoms in total. The summed E-state index contributed by atoms with van der Waals surface area (Å²) < 4.78 is 0. The Balaban J connectivity index is 2.67. The smallest absolute Gasteiger partial charge is 0.228 e. The molecule has 0 aliphatic rings. The molecule has 14 heavy (non-hydrogen) atoms.